The molecule has 0 bridgehead atoms. The van der Waals surface area contributed by atoms with Gasteiger partial charge in [0.15, 0.2) is 5.69 Å². The number of ether oxygens (including phenoxy) is 1. The molecule has 1 aliphatic rings. The number of fused-ring (bicyclic) bond motifs is 1. The van der Waals surface area contributed by atoms with E-state index in [2.05, 4.69) is 10.4 Å². The zero-order valence-corrected chi connectivity index (χ0v) is 13.1. The highest BCUT2D eigenvalue weighted by Crippen LogP contribution is 2.19. The predicted molar refractivity (Wildman–Crippen MR) is 85.1 cm³/mol. The van der Waals surface area contributed by atoms with E-state index in [4.69, 9.17) is 4.74 Å². The first-order valence-corrected chi connectivity index (χ1v) is 7.72. The van der Waals surface area contributed by atoms with Crippen LogP contribution in [0.25, 0.3) is 10.9 Å². The second kappa shape index (κ2) is 6.78. The van der Waals surface area contributed by atoms with Crippen molar-refractivity contribution >= 4 is 22.7 Å². The summed E-state index contributed by atoms with van der Waals surface area (Å²) in [4.78, 5) is 26.2. The first-order chi connectivity index (χ1) is 11.2. The number of hydrogen-bond donors (Lipinski definition) is 1. The Morgan fingerprint density at radius 1 is 1.26 bits per heavy atom. The summed E-state index contributed by atoms with van der Waals surface area (Å²) >= 11 is 0. The third-order valence-electron chi connectivity index (χ3n) is 3.93. The fraction of sp³-hybridized carbons (Fsp3) is 0.438. The highest BCUT2D eigenvalue weighted by Gasteiger charge is 2.22. The minimum Gasteiger partial charge on any atom is -0.378 e. The number of benzene rings is 1. The lowest BCUT2D eigenvalue weighted by Gasteiger charge is -2.23. The van der Waals surface area contributed by atoms with Crippen LogP contribution in [0, 0.1) is 0 Å². The zero-order valence-electron chi connectivity index (χ0n) is 13.1. The van der Waals surface area contributed by atoms with Crippen LogP contribution in [0.5, 0.6) is 0 Å². The highest BCUT2D eigenvalue weighted by atomic mass is 16.5. The highest BCUT2D eigenvalue weighted by molar-refractivity contribution is 6.04. The van der Waals surface area contributed by atoms with E-state index in [1.807, 2.05) is 31.3 Å². The molecule has 1 N–H and O–H groups in total. The van der Waals surface area contributed by atoms with Crippen LogP contribution in [0.1, 0.15) is 16.9 Å². The van der Waals surface area contributed by atoms with Crippen LogP contribution in [0.4, 0.5) is 0 Å². The van der Waals surface area contributed by atoms with Gasteiger partial charge in [0, 0.05) is 38.5 Å². The quantitative estimate of drug-likeness (QED) is 0.834. The van der Waals surface area contributed by atoms with E-state index in [1.54, 1.807) is 9.58 Å². The lowest BCUT2D eigenvalue weighted by atomic mass is 10.2. The van der Waals surface area contributed by atoms with E-state index in [1.165, 1.54) is 0 Å². The monoisotopic (exact) mass is 316 g/mol. The Hall–Kier alpha value is -2.41. The molecule has 7 heteroatoms. The summed E-state index contributed by atoms with van der Waals surface area (Å²) in [5.41, 5.74) is 1.33. The third-order valence-corrected chi connectivity index (χ3v) is 3.93. The first kappa shape index (κ1) is 15.5. The van der Waals surface area contributed by atoms with Crippen LogP contribution in [0.2, 0.25) is 0 Å². The summed E-state index contributed by atoms with van der Waals surface area (Å²) in [5, 5.41) is 7.95. The first-order valence-electron chi connectivity index (χ1n) is 7.72. The molecule has 0 spiro atoms. The molecule has 0 aliphatic carbocycles. The van der Waals surface area contributed by atoms with Crippen molar-refractivity contribution in [3.05, 3.63) is 30.0 Å². The largest absolute Gasteiger partial charge is 0.378 e. The van der Waals surface area contributed by atoms with Crippen molar-refractivity contribution in [3.8, 4) is 0 Å². The molecule has 2 amide bonds. The van der Waals surface area contributed by atoms with Gasteiger partial charge in [-0.05, 0) is 6.07 Å². The van der Waals surface area contributed by atoms with Crippen LogP contribution in [0.15, 0.2) is 24.3 Å². The van der Waals surface area contributed by atoms with Crippen molar-refractivity contribution in [2.75, 3.05) is 32.8 Å². The van der Waals surface area contributed by atoms with Crippen LogP contribution >= 0.6 is 0 Å². The maximum atomic E-state index is 12.9. The SMILES string of the molecule is Cn1nc(C(=O)N2CCOCCNC(=O)CC2)c2ccccc21. The van der Waals surface area contributed by atoms with Gasteiger partial charge in [-0.2, -0.15) is 5.10 Å². The number of hydrogen-bond acceptors (Lipinski definition) is 4. The lowest BCUT2D eigenvalue weighted by Crippen LogP contribution is -2.40. The van der Waals surface area contributed by atoms with Crippen molar-refractivity contribution in [3.63, 3.8) is 0 Å². The van der Waals surface area contributed by atoms with E-state index < -0.39 is 0 Å². The average molecular weight is 316 g/mol. The molecule has 122 valence electrons. The van der Waals surface area contributed by atoms with Crippen LogP contribution in [0.3, 0.4) is 0 Å². The number of nitrogens with zero attached hydrogens (tertiary/aromatic N) is 3. The lowest BCUT2D eigenvalue weighted by molar-refractivity contribution is -0.121. The molecule has 1 fully saturated rings. The Balaban J connectivity index is 1.85. The van der Waals surface area contributed by atoms with Crippen LogP contribution in [-0.2, 0) is 16.6 Å². The molecule has 0 radical (unpaired) electrons. The van der Waals surface area contributed by atoms with E-state index in [-0.39, 0.29) is 18.2 Å². The van der Waals surface area contributed by atoms with Crippen molar-refractivity contribution in [2.24, 2.45) is 7.05 Å². The minimum atomic E-state index is -0.168. The second-order valence-electron chi connectivity index (χ2n) is 5.49. The molecule has 1 aromatic heterocycles. The average Bonchev–Trinajstić information content (AvgIpc) is 2.90. The van der Waals surface area contributed by atoms with E-state index in [0.29, 0.717) is 38.5 Å². The standard InChI is InChI=1S/C16H20N4O3/c1-19-13-5-3-2-4-12(13)15(18-19)16(22)20-8-6-14(21)17-7-10-23-11-9-20/h2-5H,6-11H2,1H3,(H,17,21). The smallest absolute Gasteiger partial charge is 0.275 e. The molecule has 1 aromatic carbocycles. The van der Waals surface area contributed by atoms with Crippen molar-refractivity contribution in [1.29, 1.82) is 0 Å². The summed E-state index contributed by atoms with van der Waals surface area (Å²) in [6, 6.07) is 7.62. The minimum absolute atomic E-state index is 0.0702. The topological polar surface area (TPSA) is 76.5 Å². The Bertz CT molecular complexity index is 725. The fourth-order valence-electron chi connectivity index (χ4n) is 2.70. The molecule has 7 nitrogen and oxygen atoms in total. The number of amides is 2. The molecular weight excluding hydrogens is 296 g/mol. The van der Waals surface area contributed by atoms with Gasteiger partial charge in [-0.1, -0.05) is 18.2 Å². The summed E-state index contributed by atoms with van der Waals surface area (Å²) in [6.07, 6.45) is 0.288. The van der Waals surface area contributed by atoms with E-state index >= 15 is 0 Å². The summed E-state index contributed by atoms with van der Waals surface area (Å²) in [5.74, 6) is -0.238. The molecule has 1 saturated heterocycles. The van der Waals surface area contributed by atoms with Gasteiger partial charge in [-0.3, -0.25) is 14.3 Å². The van der Waals surface area contributed by atoms with Gasteiger partial charge < -0.3 is 15.0 Å². The van der Waals surface area contributed by atoms with Crippen molar-refractivity contribution in [1.82, 2.24) is 20.0 Å². The molecule has 1 aliphatic heterocycles. The Morgan fingerprint density at radius 2 is 2.09 bits per heavy atom. The van der Waals surface area contributed by atoms with Crippen molar-refractivity contribution in [2.45, 2.75) is 6.42 Å². The zero-order chi connectivity index (χ0) is 16.2. The Morgan fingerprint density at radius 3 is 2.96 bits per heavy atom. The molecule has 3 rings (SSSR count). The van der Waals surface area contributed by atoms with Gasteiger partial charge in [-0.25, -0.2) is 0 Å². The number of aromatic nitrogens is 2. The van der Waals surface area contributed by atoms with Gasteiger partial charge in [-0.15, -0.1) is 0 Å². The molecule has 0 atom stereocenters. The number of carbonyl (C=O) groups is 2. The van der Waals surface area contributed by atoms with Crippen molar-refractivity contribution < 1.29 is 14.3 Å². The maximum Gasteiger partial charge on any atom is 0.275 e. The molecular formula is C16H20N4O3. The predicted octanol–water partition coefficient (Wildman–Crippen LogP) is 0.552. The van der Waals surface area contributed by atoms with Crippen LogP contribution < -0.4 is 5.32 Å². The van der Waals surface area contributed by atoms with Gasteiger partial charge in [0.2, 0.25) is 5.91 Å². The normalized spacial score (nSPS) is 17.1. The van der Waals surface area contributed by atoms with E-state index in [0.717, 1.165) is 10.9 Å². The second-order valence-corrected chi connectivity index (χ2v) is 5.49. The molecule has 0 saturated carbocycles. The molecule has 2 aromatic rings. The Kier molecular flexibility index (Phi) is 4.57. The molecule has 2 heterocycles. The Labute approximate surface area is 134 Å². The van der Waals surface area contributed by atoms with Gasteiger partial charge in [0.25, 0.3) is 5.91 Å². The van der Waals surface area contributed by atoms with Gasteiger partial charge in [0.1, 0.15) is 0 Å². The molecule has 0 unspecified atom stereocenters. The summed E-state index contributed by atoms with van der Waals surface area (Å²) < 4.78 is 7.13. The summed E-state index contributed by atoms with van der Waals surface area (Å²) in [6.45, 7) is 2.24. The van der Waals surface area contributed by atoms with Crippen LogP contribution in [-0.4, -0.2) is 59.3 Å². The fourth-order valence-corrected chi connectivity index (χ4v) is 2.70. The van der Waals surface area contributed by atoms with Gasteiger partial charge >= 0.3 is 0 Å². The molecule has 23 heavy (non-hydrogen) atoms. The number of para-hydroxylation sites is 1. The van der Waals surface area contributed by atoms with Gasteiger partial charge in [0.05, 0.1) is 18.7 Å². The summed E-state index contributed by atoms with van der Waals surface area (Å²) in [7, 11) is 1.82. The number of nitrogens with one attached hydrogen (secondary N) is 1. The number of rotatable bonds is 1. The third kappa shape index (κ3) is 3.34. The maximum absolute atomic E-state index is 12.9. The number of aryl methyl sites for hydroxylation is 1. The number of carbonyl (C=O) groups excluding carboxylic acids is 2. The van der Waals surface area contributed by atoms with E-state index in [9.17, 15) is 9.59 Å².